The Balaban J connectivity index is 1.53. The molecule has 2 heterocycles. The predicted octanol–water partition coefficient (Wildman–Crippen LogP) is 0.814. The van der Waals surface area contributed by atoms with Crippen molar-refractivity contribution >= 4 is 5.82 Å². The van der Waals surface area contributed by atoms with Gasteiger partial charge in [-0.15, -0.1) is 0 Å². The maximum Gasteiger partial charge on any atom is 0.124 e. The van der Waals surface area contributed by atoms with E-state index >= 15 is 0 Å². The molecule has 0 bridgehead atoms. The Morgan fingerprint density at radius 2 is 2.33 bits per heavy atom. The Morgan fingerprint density at radius 1 is 1.50 bits per heavy atom. The molecule has 100 valence electrons. The van der Waals surface area contributed by atoms with Gasteiger partial charge in [-0.1, -0.05) is 12.8 Å². The lowest BCUT2D eigenvalue weighted by atomic mass is 10.0. The van der Waals surface area contributed by atoms with Crippen molar-refractivity contribution in [3.63, 3.8) is 0 Å². The van der Waals surface area contributed by atoms with Crippen LogP contribution in [0, 0.1) is 11.8 Å². The van der Waals surface area contributed by atoms with Crippen LogP contribution >= 0.6 is 0 Å². The molecule has 1 aromatic heterocycles. The Labute approximate surface area is 108 Å². The third-order valence-electron chi connectivity index (χ3n) is 4.04. The standard InChI is InChI=1S/C13H23N5/c14-6-11(5-10-1-2-10)7-16-13-3-4-17-18(13)12-8-15-9-12/h3-4,10-12,15-16H,1-2,5-9,14H2. The molecule has 0 aromatic carbocycles. The van der Waals surface area contributed by atoms with Crippen molar-refractivity contribution in [3.8, 4) is 0 Å². The van der Waals surface area contributed by atoms with E-state index < -0.39 is 0 Å². The molecule has 0 spiro atoms. The summed E-state index contributed by atoms with van der Waals surface area (Å²) in [6, 6.07) is 2.57. The lowest BCUT2D eigenvalue weighted by molar-refractivity contribution is 0.321. The molecule has 2 fully saturated rings. The van der Waals surface area contributed by atoms with Crippen molar-refractivity contribution in [2.75, 3.05) is 31.5 Å². The van der Waals surface area contributed by atoms with Gasteiger partial charge in [0, 0.05) is 25.7 Å². The van der Waals surface area contributed by atoms with Crippen LogP contribution in [0.4, 0.5) is 5.82 Å². The molecule has 5 nitrogen and oxygen atoms in total. The Hall–Kier alpha value is -1.07. The van der Waals surface area contributed by atoms with Gasteiger partial charge >= 0.3 is 0 Å². The molecule has 1 saturated heterocycles. The molecular weight excluding hydrogens is 226 g/mol. The average Bonchev–Trinajstić information content (AvgIpc) is 3.02. The van der Waals surface area contributed by atoms with Crippen molar-refractivity contribution in [1.29, 1.82) is 0 Å². The van der Waals surface area contributed by atoms with Crippen LogP contribution in [-0.2, 0) is 0 Å². The number of anilines is 1. The maximum atomic E-state index is 5.85. The van der Waals surface area contributed by atoms with Crippen molar-refractivity contribution in [2.24, 2.45) is 17.6 Å². The highest BCUT2D eigenvalue weighted by molar-refractivity contribution is 5.35. The first-order valence-corrected chi connectivity index (χ1v) is 7.05. The molecule has 0 amide bonds. The van der Waals surface area contributed by atoms with Crippen LogP contribution in [0.1, 0.15) is 25.3 Å². The molecule has 1 aromatic rings. The van der Waals surface area contributed by atoms with E-state index in [0.29, 0.717) is 12.0 Å². The molecule has 2 aliphatic rings. The fourth-order valence-electron chi connectivity index (χ4n) is 2.53. The summed E-state index contributed by atoms with van der Waals surface area (Å²) in [6.45, 7) is 3.80. The number of nitrogens with zero attached hydrogens (tertiary/aromatic N) is 2. The summed E-state index contributed by atoms with van der Waals surface area (Å²) in [7, 11) is 0. The number of nitrogens with two attached hydrogens (primary N) is 1. The molecule has 18 heavy (non-hydrogen) atoms. The van der Waals surface area contributed by atoms with Gasteiger partial charge in [-0.25, -0.2) is 4.68 Å². The number of rotatable bonds is 7. The smallest absolute Gasteiger partial charge is 0.124 e. The zero-order valence-electron chi connectivity index (χ0n) is 10.8. The zero-order valence-corrected chi connectivity index (χ0v) is 10.8. The van der Waals surface area contributed by atoms with Crippen molar-refractivity contribution in [3.05, 3.63) is 12.3 Å². The topological polar surface area (TPSA) is 67.9 Å². The number of hydrogen-bond acceptors (Lipinski definition) is 4. The number of nitrogens with one attached hydrogen (secondary N) is 2. The van der Waals surface area contributed by atoms with Crippen molar-refractivity contribution in [1.82, 2.24) is 15.1 Å². The second-order valence-corrected chi connectivity index (χ2v) is 5.63. The highest BCUT2D eigenvalue weighted by Gasteiger charge is 2.25. The SMILES string of the molecule is NCC(CNc1ccnn1C1CNC1)CC1CC1. The van der Waals surface area contributed by atoms with E-state index in [0.717, 1.165) is 37.9 Å². The van der Waals surface area contributed by atoms with E-state index in [-0.39, 0.29) is 0 Å². The molecule has 1 saturated carbocycles. The molecule has 1 aliphatic carbocycles. The van der Waals surface area contributed by atoms with Gasteiger partial charge in [-0.05, 0) is 24.8 Å². The molecule has 1 aliphatic heterocycles. The van der Waals surface area contributed by atoms with Crippen LogP contribution in [0.15, 0.2) is 12.3 Å². The average molecular weight is 249 g/mol. The highest BCUT2D eigenvalue weighted by atomic mass is 15.4. The van der Waals surface area contributed by atoms with Crippen LogP contribution < -0.4 is 16.4 Å². The van der Waals surface area contributed by atoms with Crippen LogP contribution in [0.5, 0.6) is 0 Å². The highest BCUT2D eigenvalue weighted by Crippen LogP contribution is 2.35. The second kappa shape index (κ2) is 5.28. The molecule has 3 rings (SSSR count). The van der Waals surface area contributed by atoms with Gasteiger partial charge in [-0.3, -0.25) is 0 Å². The van der Waals surface area contributed by atoms with E-state index in [1.165, 1.54) is 19.3 Å². The first kappa shape index (κ1) is 12.0. The summed E-state index contributed by atoms with van der Waals surface area (Å²) in [6.07, 6.45) is 5.96. The minimum absolute atomic E-state index is 0.516. The summed E-state index contributed by atoms with van der Waals surface area (Å²) in [5.74, 6) is 2.68. The molecule has 0 radical (unpaired) electrons. The summed E-state index contributed by atoms with van der Waals surface area (Å²) < 4.78 is 2.10. The maximum absolute atomic E-state index is 5.85. The van der Waals surface area contributed by atoms with Crippen molar-refractivity contribution < 1.29 is 0 Å². The van der Waals surface area contributed by atoms with Gasteiger partial charge in [0.1, 0.15) is 5.82 Å². The fourth-order valence-corrected chi connectivity index (χ4v) is 2.53. The lowest BCUT2D eigenvalue weighted by Gasteiger charge is -2.29. The van der Waals surface area contributed by atoms with Gasteiger partial charge in [0.05, 0.1) is 12.2 Å². The van der Waals surface area contributed by atoms with Crippen LogP contribution in [0.25, 0.3) is 0 Å². The van der Waals surface area contributed by atoms with E-state index in [9.17, 15) is 0 Å². The Bertz CT molecular complexity index is 380. The monoisotopic (exact) mass is 249 g/mol. The summed E-state index contributed by atoms with van der Waals surface area (Å²) in [5.41, 5.74) is 5.85. The molecule has 4 N–H and O–H groups in total. The summed E-state index contributed by atoms with van der Waals surface area (Å²) in [4.78, 5) is 0. The first-order chi connectivity index (χ1) is 8.86. The van der Waals surface area contributed by atoms with Gasteiger partial charge < -0.3 is 16.4 Å². The fraction of sp³-hybridized carbons (Fsp3) is 0.769. The van der Waals surface area contributed by atoms with Gasteiger partial charge in [0.15, 0.2) is 0 Å². The van der Waals surface area contributed by atoms with Gasteiger partial charge in [-0.2, -0.15) is 5.10 Å². The third-order valence-corrected chi connectivity index (χ3v) is 4.04. The Morgan fingerprint density at radius 3 is 2.94 bits per heavy atom. The predicted molar refractivity (Wildman–Crippen MR) is 72.5 cm³/mol. The van der Waals surface area contributed by atoms with Crippen LogP contribution in [0.2, 0.25) is 0 Å². The lowest BCUT2D eigenvalue weighted by Crippen LogP contribution is -2.44. The molecule has 1 unspecified atom stereocenters. The zero-order chi connectivity index (χ0) is 12.4. The summed E-state index contributed by atoms with van der Waals surface area (Å²) in [5, 5.41) is 11.2. The van der Waals surface area contributed by atoms with E-state index in [4.69, 9.17) is 5.73 Å². The molecule has 1 atom stereocenters. The minimum Gasteiger partial charge on any atom is -0.370 e. The van der Waals surface area contributed by atoms with Gasteiger partial charge in [0.2, 0.25) is 0 Å². The normalized spacial score (nSPS) is 21.6. The Kier molecular flexibility index (Phi) is 3.52. The quantitative estimate of drug-likeness (QED) is 0.669. The van der Waals surface area contributed by atoms with Crippen molar-refractivity contribution in [2.45, 2.75) is 25.3 Å². The summed E-state index contributed by atoms with van der Waals surface area (Å²) >= 11 is 0. The third kappa shape index (κ3) is 2.67. The second-order valence-electron chi connectivity index (χ2n) is 5.63. The van der Waals surface area contributed by atoms with Crippen LogP contribution in [-0.4, -0.2) is 36.0 Å². The largest absolute Gasteiger partial charge is 0.370 e. The van der Waals surface area contributed by atoms with Gasteiger partial charge in [0.25, 0.3) is 0 Å². The molecule has 5 heteroatoms. The number of aromatic nitrogens is 2. The number of hydrogen-bond donors (Lipinski definition) is 3. The van der Waals surface area contributed by atoms with Crippen LogP contribution in [0.3, 0.4) is 0 Å². The van der Waals surface area contributed by atoms with E-state index in [1.807, 2.05) is 6.20 Å². The molecular formula is C13H23N5. The first-order valence-electron chi connectivity index (χ1n) is 7.05. The van der Waals surface area contributed by atoms with E-state index in [2.05, 4.69) is 26.5 Å². The van der Waals surface area contributed by atoms with E-state index in [1.54, 1.807) is 0 Å². The minimum atomic E-state index is 0.516.